The molecule has 1 N–H and O–H groups in total. The summed E-state index contributed by atoms with van der Waals surface area (Å²) in [4.78, 5) is 23.0. The highest BCUT2D eigenvalue weighted by molar-refractivity contribution is 5.90. The number of benzene rings is 2. The Hall–Kier alpha value is -3.06. The molecule has 0 aliphatic rings. The zero-order valence-electron chi connectivity index (χ0n) is 13.8. The molecule has 4 heteroatoms. The summed E-state index contributed by atoms with van der Waals surface area (Å²) >= 11 is 0. The lowest BCUT2D eigenvalue weighted by Gasteiger charge is -2.19. The SMILES string of the molecule is CC(C)(C)OC(=O)c1cccc(C#Cc2cccc(C(=O)O)c2)c1. The van der Waals surface area contributed by atoms with E-state index in [1.807, 2.05) is 20.8 Å². The van der Waals surface area contributed by atoms with Gasteiger partial charge in [0.25, 0.3) is 0 Å². The highest BCUT2D eigenvalue weighted by Gasteiger charge is 2.17. The van der Waals surface area contributed by atoms with Gasteiger partial charge in [0.15, 0.2) is 0 Å². The Bertz CT molecular complexity index is 832. The Morgan fingerprint density at radius 2 is 1.42 bits per heavy atom. The summed E-state index contributed by atoms with van der Waals surface area (Å²) < 4.78 is 5.33. The van der Waals surface area contributed by atoms with Crippen molar-refractivity contribution in [2.75, 3.05) is 0 Å². The minimum atomic E-state index is -0.995. The maximum atomic E-state index is 12.1. The van der Waals surface area contributed by atoms with Crippen LogP contribution >= 0.6 is 0 Å². The Morgan fingerprint density at radius 3 is 1.92 bits per heavy atom. The largest absolute Gasteiger partial charge is 0.478 e. The van der Waals surface area contributed by atoms with E-state index >= 15 is 0 Å². The second-order valence-electron chi connectivity index (χ2n) is 6.22. The highest BCUT2D eigenvalue weighted by Crippen LogP contribution is 2.13. The van der Waals surface area contributed by atoms with Gasteiger partial charge in [0.1, 0.15) is 5.60 Å². The van der Waals surface area contributed by atoms with E-state index in [9.17, 15) is 9.59 Å². The van der Waals surface area contributed by atoms with Gasteiger partial charge in [-0.3, -0.25) is 0 Å². The summed E-state index contributed by atoms with van der Waals surface area (Å²) in [7, 11) is 0. The van der Waals surface area contributed by atoms with Crippen molar-refractivity contribution in [3.05, 3.63) is 70.8 Å². The second kappa shape index (κ2) is 7.01. The van der Waals surface area contributed by atoms with Crippen LogP contribution in [-0.4, -0.2) is 22.6 Å². The number of hydrogen-bond donors (Lipinski definition) is 1. The lowest BCUT2D eigenvalue weighted by Crippen LogP contribution is -2.23. The molecule has 2 rings (SSSR count). The van der Waals surface area contributed by atoms with Crippen molar-refractivity contribution in [3.63, 3.8) is 0 Å². The number of carbonyl (C=O) groups excluding carboxylic acids is 1. The van der Waals surface area contributed by atoms with Crippen LogP contribution in [-0.2, 0) is 4.74 Å². The molecule has 0 saturated carbocycles. The van der Waals surface area contributed by atoms with Gasteiger partial charge < -0.3 is 9.84 Å². The maximum Gasteiger partial charge on any atom is 0.338 e. The van der Waals surface area contributed by atoms with Crippen LogP contribution in [0.15, 0.2) is 48.5 Å². The first-order chi connectivity index (χ1) is 11.2. The molecule has 0 fully saturated rings. The smallest absolute Gasteiger partial charge is 0.338 e. The molecule has 0 heterocycles. The van der Waals surface area contributed by atoms with Crippen molar-refractivity contribution in [2.45, 2.75) is 26.4 Å². The number of rotatable bonds is 2. The summed E-state index contributed by atoms with van der Waals surface area (Å²) in [6.07, 6.45) is 0. The van der Waals surface area contributed by atoms with Gasteiger partial charge in [-0.25, -0.2) is 9.59 Å². The molecule has 24 heavy (non-hydrogen) atoms. The summed E-state index contributed by atoms with van der Waals surface area (Å²) in [6, 6.07) is 13.2. The van der Waals surface area contributed by atoms with Crippen LogP contribution in [0.3, 0.4) is 0 Å². The van der Waals surface area contributed by atoms with Gasteiger partial charge in [-0.1, -0.05) is 24.0 Å². The normalized spacial score (nSPS) is 10.5. The van der Waals surface area contributed by atoms with Crippen LogP contribution in [0.4, 0.5) is 0 Å². The molecule has 122 valence electrons. The van der Waals surface area contributed by atoms with E-state index in [0.717, 1.165) is 0 Å². The van der Waals surface area contributed by atoms with Gasteiger partial charge >= 0.3 is 11.9 Å². The molecule has 0 bridgehead atoms. The van der Waals surface area contributed by atoms with E-state index in [2.05, 4.69) is 11.8 Å². The van der Waals surface area contributed by atoms with E-state index in [1.54, 1.807) is 36.4 Å². The third-order valence-electron chi connectivity index (χ3n) is 2.96. The fourth-order valence-electron chi connectivity index (χ4n) is 1.94. The van der Waals surface area contributed by atoms with Crippen LogP contribution in [0.1, 0.15) is 52.6 Å². The molecule has 0 atom stereocenters. The molecular formula is C20H18O4. The fourth-order valence-corrected chi connectivity index (χ4v) is 1.94. The van der Waals surface area contributed by atoms with E-state index in [1.165, 1.54) is 12.1 Å². The van der Waals surface area contributed by atoms with Gasteiger partial charge in [-0.05, 0) is 57.2 Å². The van der Waals surface area contributed by atoms with E-state index in [4.69, 9.17) is 9.84 Å². The minimum absolute atomic E-state index is 0.185. The summed E-state index contributed by atoms with van der Waals surface area (Å²) in [5.41, 5.74) is 1.30. The van der Waals surface area contributed by atoms with Crippen molar-refractivity contribution in [3.8, 4) is 11.8 Å². The molecule has 0 spiro atoms. The van der Waals surface area contributed by atoms with Crippen LogP contribution in [0.2, 0.25) is 0 Å². The van der Waals surface area contributed by atoms with E-state index in [-0.39, 0.29) is 5.56 Å². The molecule has 0 aliphatic carbocycles. The molecule has 2 aromatic carbocycles. The monoisotopic (exact) mass is 322 g/mol. The first-order valence-corrected chi connectivity index (χ1v) is 7.43. The molecule has 4 nitrogen and oxygen atoms in total. The number of esters is 1. The zero-order valence-corrected chi connectivity index (χ0v) is 13.8. The number of aromatic carboxylic acids is 1. The number of carboxylic acids is 1. The molecule has 0 aromatic heterocycles. The van der Waals surface area contributed by atoms with Gasteiger partial charge in [-0.15, -0.1) is 0 Å². The summed E-state index contributed by atoms with van der Waals surface area (Å²) in [5, 5.41) is 8.99. The quantitative estimate of drug-likeness (QED) is 0.676. The van der Waals surface area contributed by atoms with Crippen molar-refractivity contribution >= 4 is 11.9 Å². The predicted octanol–water partition coefficient (Wildman–Crippen LogP) is 3.74. The van der Waals surface area contributed by atoms with Crippen LogP contribution < -0.4 is 0 Å². The van der Waals surface area contributed by atoms with Gasteiger partial charge in [0.2, 0.25) is 0 Å². The Balaban J connectivity index is 2.23. The Kier molecular flexibility index (Phi) is 5.05. The van der Waals surface area contributed by atoms with Crippen LogP contribution in [0.5, 0.6) is 0 Å². The summed E-state index contributed by atoms with van der Waals surface area (Å²) in [5.74, 6) is 4.44. The number of hydrogen-bond acceptors (Lipinski definition) is 3. The molecule has 2 aromatic rings. The molecule has 0 saturated heterocycles. The molecular weight excluding hydrogens is 304 g/mol. The lowest BCUT2D eigenvalue weighted by molar-refractivity contribution is 0.00693. The number of carboxylic acid groups (broad SMARTS) is 1. The maximum absolute atomic E-state index is 12.1. The highest BCUT2D eigenvalue weighted by atomic mass is 16.6. The molecule has 0 radical (unpaired) electrons. The standard InChI is InChI=1S/C20H18O4/c1-20(2,3)24-19(23)17-9-5-7-15(13-17)11-10-14-6-4-8-16(12-14)18(21)22/h4-9,12-13H,1-3H3,(H,21,22). The first-order valence-electron chi connectivity index (χ1n) is 7.43. The molecule has 0 unspecified atom stereocenters. The van der Waals surface area contributed by atoms with Gasteiger partial charge in [-0.2, -0.15) is 0 Å². The van der Waals surface area contributed by atoms with E-state index < -0.39 is 17.5 Å². The molecule has 0 amide bonds. The third kappa shape index (κ3) is 4.99. The average Bonchev–Trinajstić information content (AvgIpc) is 2.52. The third-order valence-corrected chi connectivity index (χ3v) is 2.96. The van der Waals surface area contributed by atoms with Crippen molar-refractivity contribution in [2.24, 2.45) is 0 Å². The van der Waals surface area contributed by atoms with Crippen molar-refractivity contribution < 1.29 is 19.4 Å². The van der Waals surface area contributed by atoms with Gasteiger partial charge in [0, 0.05) is 11.1 Å². The first kappa shape index (κ1) is 17.3. The fraction of sp³-hybridized carbons (Fsp3) is 0.200. The van der Waals surface area contributed by atoms with Gasteiger partial charge in [0.05, 0.1) is 11.1 Å². The second-order valence-corrected chi connectivity index (χ2v) is 6.22. The van der Waals surface area contributed by atoms with Crippen LogP contribution in [0.25, 0.3) is 0 Å². The number of ether oxygens (including phenoxy) is 1. The van der Waals surface area contributed by atoms with Crippen molar-refractivity contribution in [1.29, 1.82) is 0 Å². The predicted molar refractivity (Wildman–Crippen MR) is 91.0 cm³/mol. The zero-order chi connectivity index (χ0) is 17.7. The Labute approximate surface area is 141 Å². The van der Waals surface area contributed by atoms with E-state index in [0.29, 0.717) is 16.7 Å². The average molecular weight is 322 g/mol. The topological polar surface area (TPSA) is 63.6 Å². The minimum Gasteiger partial charge on any atom is -0.478 e. The lowest BCUT2D eigenvalue weighted by atomic mass is 10.1. The number of carbonyl (C=O) groups is 2. The molecule has 0 aliphatic heterocycles. The Morgan fingerprint density at radius 1 is 0.917 bits per heavy atom. The summed E-state index contributed by atoms with van der Waals surface area (Å²) in [6.45, 7) is 5.43. The van der Waals surface area contributed by atoms with Crippen molar-refractivity contribution in [1.82, 2.24) is 0 Å². The van der Waals surface area contributed by atoms with Crippen LogP contribution in [0, 0.1) is 11.8 Å².